The highest BCUT2D eigenvalue weighted by atomic mass is 19.1. The lowest BCUT2D eigenvalue weighted by molar-refractivity contribution is -0.121. The standard InChI is InChI=1S/C31H28FN3O/c1-22-10-12-24(13-11-22)20-35-21-28(26-7-3-5-9-30(26)35)27(25-6-2-4-8-29(25)32)18-31(36)34-19-23-14-16-33-17-15-23/h2-17,21,27H,18-20H2,1H3,(H,34,36)/t27-/m0/s1. The molecular formula is C31H28FN3O. The summed E-state index contributed by atoms with van der Waals surface area (Å²) in [5.74, 6) is -0.858. The van der Waals surface area contributed by atoms with Crippen molar-refractivity contribution in [2.45, 2.75) is 32.4 Å². The first-order valence-corrected chi connectivity index (χ1v) is 12.1. The third-order valence-electron chi connectivity index (χ3n) is 6.58. The zero-order valence-corrected chi connectivity index (χ0v) is 20.2. The summed E-state index contributed by atoms with van der Waals surface area (Å²) in [5.41, 5.74) is 5.90. The maximum Gasteiger partial charge on any atom is 0.221 e. The number of carbonyl (C=O) groups is 1. The Morgan fingerprint density at radius 1 is 0.889 bits per heavy atom. The number of fused-ring (bicyclic) bond motifs is 1. The van der Waals surface area contributed by atoms with Crippen LogP contribution in [0.3, 0.4) is 0 Å². The highest BCUT2D eigenvalue weighted by Crippen LogP contribution is 2.36. The van der Waals surface area contributed by atoms with Crippen LogP contribution in [0.2, 0.25) is 0 Å². The van der Waals surface area contributed by atoms with E-state index in [0.29, 0.717) is 18.7 Å². The minimum absolute atomic E-state index is 0.129. The van der Waals surface area contributed by atoms with E-state index in [-0.39, 0.29) is 18.1 Å². The number of aromatic nitrogens is 2. The highest BCUT2D eigenvalue weighted by molar-refractivity contribution is 5.86. The third kappa shape index (κ3) is 5.20. The van der Waals surface area contributed by atoms with Crippen LogP contribution >= 0.6 is 0 Å². The molecule has 1 N–H and O–H groups in total. The summed E-state index contributed by atoms with van der Waals surface area (Å²) in [7, 11) is 0. The highest BCUT2D eigenvalue weighted by Gasteiger charge is 2.25. The fourth-order valence-corrected chi connectivity index (χ4v) is 4.68. The van der Waals surface area contributed by atoms with Crippen LogP contribution in [0.25, 0.3) is 10.9 Å². The SMILES string of the molecule is Cc1ccc(Cn2cc([C@@H](CC(=O)NCc3ccncc3)c3ccccc3F)c3ccccc32)cc1. The molecule has 5 heteroatoms. The second-order valence-corrected chi connectivity index (χ2v) is 9.13. The number of carbonyl (C=O) groups excluding carboxylic acids is 1. The van der Waals surface area contributed by atoms with Gasteiger partial charge in [-0.1, -0.05) is 66.2 Å². The van der Waals surface area contributed by atoms with E-state index < -0.39 is 5.92 Å². The van der Waals surface area contributed by atoms with Gasteiger partial charge in [-0.15, -0.1) is 0 Å². The van der Waals surface area contributed by atoms with Gasteiger partial charge in [0.1, 0.15) is 5.82 Å². The van der Waals surface area contributed by atoms with Gasteiger partial charge in [0.2, 0.25) is 5.91 Å². The molecule has 0 saturated heterocycles. The van der Waals surface area contributed by atoms with Crippen LogP contribution in [-0.2, 0) is 17.9 Å². The van der Waals surface area contributed by atoms with Gasteiger partial charge < -0.3 is 9.88 Å². The van der Waals surface area contributed by atoms with Crippen molar-refractivity contribution in [2.75, 3.05) is 0 Å². The second-order valence-electron chi connectivity index (χ2n) is 9.13. The van der Waals surface area contributed by atoms with Gasteiger partial charge in [0, 0.05) is 54.9 Å². The molecule has 2 aromatic heterocycles. The number of para-hydroxylation sites is 1. The Bertz CT molecular complexity index is 1480. The lowest BCUT2D eigenvalue weighted by atomic mass is 9.87. The Morgan fingerprint density at radius 2 is 1.61 bits per heavy atom. The number of hydrogen-bond donors (Lipinski definition) is 1. The van der Waals surface area contributed by atoms with Crippen LogP contribution in [0.1, 0.15) is 40.2 Å². The van der Waals surface area contributed by atoms with Crippen molar-refractivity contribution >= 4 is 16.8 Å². The minimum atomic E-state index is -0.423. The van der Waals surface area contributed by atoms with Crippen molar-refractivity contribution < 1.29 is 9.18 Å². The summed E-state index contributed by atoms with van der Waals surface area (Å²) < 4.78 is 17.3. The lowest BCUT2D eigenvalue weighted by Crippen LogP contribution is -2.25. The van der Waals surface area contributed by atoms with Crippen molar-refractivity contribution in [3.05, 3.63) is 137 Å². The van der Waals surface area contributed by atoms with Crippen molar-refractivity contribution in [2.24, 2.45) is 0 Å². The van der Waals surface area contributed by atoms with E-state index in [2.05, 4.69) is 64.4 Å². The molecule has 0 spiro atoms. The van der Waals surface area contributed by atoms with Crippen molar-refractivity contribution in [3.8, 4) is 0 Å². The average Bonchev–Trinajstić information content (AvgIpc) is 3.26. The summed E-state index contributed by atoms with van der Waals surface area (Å²) in [6, 6.07) is 27.1. The molecule has 0 saturated carbocycles. The van der Waals surface area contributed by atoms with E-state index in [1.54, 1.807) is 24.5 Å². The number of hydrogen-bond acceptors (Lipinski definition) is 2. The monoisotopic (exact) mass is 477 g/mol. The Hall–Kier alpha value is -4.25. The average molecular weight is 478 g/mol. The predicted molar refractivity (Wildman–Crippen MR) is 141 cm³/mol. The number of amides is 1. The Kier molecular flexibility index (Phi) is 6.89. The Balaban J connectivity index is 1.50. The molecule has 0 aliphatic heterocycles. The van der Waals surface area contributed by atoms with Crippen LogP contribution in [0.5, 0.6) is 0 Å². The summed E-state index contributed by atoms with van der Waals surface area (Å²) in [4.78, 5) is 17.1. The number of aryl methyl sites for hydroxylation is 1. The summed E-state index contributed by atoms with van der Waals surface area (Å²) in [6.45, 7) is 3.17. The van der Waals surface area contributed by atoms with Gasteiger partial charge in [0.15, 0.2) is 0 Å². The van der Waals surface area contributed by atoms with Crippen molar-refractivity contribution in [1.82, 2.24) is 14.9 Å². The molecule has 5 aromatic rings. The van der Waals surface area contributed by atoms with Crippen LogP contribution in [0, 0.1) is 12.7 Å². The van der Waals surface area contributed by atoms with Crippen molar-refractivity contribution in [3.63, 3.8) is 0 Å². The van der Waals surface area contributed by atoms with Crippen molar-refractivity contribution in [1.29, 1.82) is 0 Å². The molecule has 3 aromatic carbocycles. The molecule has 0 aliphatic rings. The van der Waals surface area contributed by atoms with Crippen LogP contribution in [0.4, 0.5) is 4.39 Å². The largest absolute Gasteiger partial charge is 0.352 e. The molecule has 36 heavy (non-hydrogen) atoms. The number of pyridine rings is 1. The van der Waals surface area contributed by atoms with E-state index >= 15 is 4.39 Å². The van der Waals surface area contributed by atoms with Gasteiger partial charge >= 0.3 is 0 Å². The zero-order chi connectivity index (χ0) is 24.9. The molecule has 1 amide bonds. The number of rotatable bonds is 8. The normalized spacial score (nSPS) is 11.9. The zero-order valence-electron chi connectivity index (χ0n) is 20.2. The number of benzene rings is 3. The lowest BCUT2D eigenvalue weighted by Gasteiger charge is -2.18. The number of halogens is 1. The van der Waals surface area contributed by atoms with E-state index in [9.17, 15) is 4.79 Å². The topological polar surface area (TPSA) is 46.9 Å². The Morgan fingerprint density at radius 3 is 2.39 bits per heavy atom. The molecular weight excluding hydrogens is 449 g/mol. The van der Waals surface area contributed by atoms with Gasteiger partial charge in [-0.25, -0.2) is 4.39 Å². The molecule has 180 valence electrons. The fraction of sp³-hybridized carbons (Fsp3) is 0.161. The van der Waals surface area contributed by atoms with Gasteiger partial charge in [0.05, 0.1) is 0 Å². The number of nitrogens with zero attached hydrogens (tertiary/aromatic N) is 2. The quantitative estimate of drug-likeness (QED) is 0.282. The Labute approximate surface area is 210 Å². The summed E-state index contributed by atoms with van der Waals surface area (Å²) in [5, 5.41) is 4.02. The summed E-state index contributed by atoms with van der Waals surface area (Å²) >= 11 is 0. The van der Waals surface area contributed by atoms with Crippen LogP contribution in [0.15, 0.2) is 104 Å². The molecule has 5 rings (SSSR count). The maximum absolute atomic E-state index is 15.1. The van der Waals surface area contributed by atoms with Gasteiger partial charge in [-0.2, -0.15) is 0 Å². The van der Waals surface area contributed by atoms with E-state index in [0.717, 1.165) is 22.0 Å². The number of nitrogens with one attached hydrogen (secondary N) is 1. The minimum Gasteiger partial charge on any atom is -0.352 e. The first-order valence-electron chi connectivity index (χ1n) is 12.1. The molecule has 0 unspecified atom stereocenters. The molecule has 0 bridgehead atoms. The maximum atomic E-state index is 15.1. The molecule has 0 radical (unpaired) electrons. The second kappa shape index (κ2) is 10.6. The van der Waals surface area contributed by atoms with E-state index in [1.807, 2.05) is 30.3 Å². The molecule has 0 aliphatic carbocycles. The smallest absolute Gasteiger partial charge is 0.221 e. The van der Waals surface area contributed by atoms with Gasteiger partial charge in [0.25, 0.3) is 0 Å². The predicted octanol–water partition coefficient (Wildman–Crippen LogP) is 6.37. The molecule has 4 nitrogen and oxygen atoms in total. The van der Waals surface area contributed by atoms with Gasteiger partial charge in [-0.3, -0.25) is 9.78 Å². The van der Waals surface area contributed by atoms with E-state index in [4.69, 9.17) is 0 Å². The molecule has 0 fully saturated rings. The van der Waals surface area contributed by atoms with E-state index in [1.165, 1.54) is 17.2 Å². The molecule has 2 heterocycles. The third-order valence-corrected chi connectivity index (χ3v) is 6.58. The van der Waals surface area contributed by atoms with Crippen LogP contribution in [-0.4, -0.2) is 15.5 Å². The van der Waals surface area contributed by atoms with Gasteiger partial charge in [-0.05, 0) is 53.4 Å². The fourth-order valence-electron chi connectivity index (χ4n) is 4.68. The first kappa shape index (κ1) is 23.5. The van der Waals surface area contributed by atoms with Crippen LogP contribution < -0.4 is 5.32 Å². The first-order chi connectivity index (χ1) is 17.6. The molecule has 1 atom stereocenters. The summed E-state index contributed by atoms with van der Waals surface area (Å²) in [6.07, 6.45) is 5.63.